The third kappa shape index (κ3) is 3.95. The van der Waals surface area contributed by atoms with Crippen LogP contribution in [-0.2, 0) is 24.2 Å². The highest BCUT2D eigenvalue weighted by atomic mass is 16.5. The summed E-state index contributed by atoms with van der Waals surface area (Å²) in [4.78, 5) is 27.4. The van der Waals surface area contributed by atoms with Crippen LogP contribution in [0.4, 0.5) is 5.69 Å². The average Bonchev–Trinajstić information content (AvgIpc) is 3.42. The van der Waals surface area contributed by atoms with Gasteiger partial charge in [-0.05, 0) is 91.7 Å². The van der Waals surface area contributed by atoms with Gasteiger partial charge in [0.15, 0.2) is 0 Å². The van der Waals surface area contributed by atoms with E-state index < -0.39 is 0 Å². The number of nitrogens with zero attached hydrogens (tertiary/aromatic N) is 1. The molecule has 0 saturated carbocycles. The Balaban J connectivity index is 1.38. The Morgan fingerprint density at radius 3 is 2.68 bits per heavy atom. The monoisotopic (exact) mass is 418 g/mol. The largest absolute Gasteiger partial charge is 0.497 e. The van der Waals surface area contributed by atoms with Crippen LogP contribution in [0.15, 0.2) is 51.7 Å². The second-order valence-corrected chi connectivity index (χ2v) is 8.41. The van der Waals surface area contributed by atoms with Crippen molar-refractivity contribution in [2.24, 2.45) is 0 Å². The maximum atomic E-state index is 13.0. The first-order valence-electron chi connectivity index (χ1n) is 10.9. The van der Waals surface area contributed by atoms with E-state index in [1.165, 1.54) is 11.1 Å². The highest BCUT2D eigenvalue weighted by molar-refractivity contribution is 5.95. The fourth-order valence-electron chi connectivity index (χ4n) is 4.86. The van der Waals surface area contributed by atoms with Crippen molar-refractivity contribution in [3.05, 3.63) is 69.6 Å². The van der Waals surface area contributed by atoms with Crippen molar-refractivity contribution >= 4 is 22.6 Å². The molecule has 1 N–H and O–H groups in total. The van der Waals surface area contributed by atoms with Crippen molar-refractivity contribution in [3.8, 4) is 5.75 Å². The number of anilines is 1. The minimum atomic E-state index is -0.334. The Labute approximate surface area is 180 Å². The lowest BCUT2D eigenvalue weighted by Gasteiger charge is -2.24. The molecule has 5 rings (SSSR count). The van der Waals surface area contributed by atoms with Crippen molar-refractivity contribution in [2.45, 2.75) is 44.7 Å². The van der Waals surface area contributed by atoms with Gasteiger partial charge < -0.3 is 14.5 Å². The van der Waals surface area contributed by atoms with E-state index in [4.69, 9.17) is 9.15 Å². The number of carbonyl (C=O) groups is 1. The predicted octanol–water partition coefficient (Wildman–Crippen LogP) is 3.89. The fourth-order valence-corrected chi connectivity index (χ4v) is 4.86. The van der Waals surface area contributed by atoms with Gasteiger partial charge in [-0.25, -0.2) is 4.79 Å². The van der Waals surface area contributed by atoms with Crippen molar-refractivity contribution in [2.75, 3.05) is 19.0 Å². The quantitative estimate of drug-likeness (QED) is 0.637. The van der Waals surface area contributed by atoms with Gasteiger partial charge >= 0.3 is 5.63 Å². The zero-order valence-corrected chi connectivity index (χ0v) is 17.6. The molecule has 1 saturated heterocycles. The highest BCUT2D eigenvalue weighted by Gasteiger charge is 2.31. The molecule has 1 aliphatic heterocycles. The third-order valence-corrected chi connectivity index (χ3v) is 6.44. The molecule has 2 aromatic carbocycles. The molecule has 160 valence electrons. The molecule has 1 aromatic heterocycles. The SMILES string of the molecule is COc1ccc(NC(=O)C2CCCN2Cc2cc(=O)oc3cc4c(cc23)CCC4)cc1. The third-order valence-electron chi connectivity index (χ3n) is 6.44. The summed E-state index contributed by atoms with van der Waals surface area (Å²) in [6, 6.07) is 12.9. The Morgan fingerprint density at radius 1 is 1.13 bits per heavy atom. The van der Waals surface area contributed by atoms with Crippen LogP contribution in [-0.4, -0.2) is 30.5 Å². The van der Waals surface area contributed by atoms with E-state index in [1.807, 2.05) is 30.3 Å². The minimum absolute atomic E-state index is 0.0178. The van der Waals surface area contributed by atoms with Crippen LogP contribution in [0.3, 0.4) is 0 Å². The zero-order chi connectivity index (χ0) is 21.4. The van der Waals surface area contributed by atoms with Crippen LogP contribution >= 0.6 is 0 Å². The molecule has 0 spiro atoms. The van der Waals surface area contributed by atoms with E-state index in [0.29, 0.717) is 12.1 Å². The van der Waals surface area contributed by atoms with Crippen molar-refractivity contribution < 1.29 is 13.9 Å². The number of benzene rings is 2. The van der Waals surface area contributed by atoms with Crippen LogP contribution in [0, 0.1) is 0 Å². The minimum Gasteiger partial charge on any atom is -0.497 e. The van der Waals surface area contributed by atoms with Gasteiger partial charge in [0.25, 0.3) is 0 Å². The summed E-state index contributed by atoms with van der Waals surface area (Å²) in [6.07, 6.45) is 5.01. The normalized spacial score (nSPS) is 18.3. The first-order chi connectivity index (χ1) is 15.1. The zero-order valence-electron chi connectivity index (χ0n) is 17.6. The van der Waals surface area contributed by atoms with E-state index in [-0.39, 0.29) is 17.6 Å². The fraction of sp³-hybridized carbons (Fsp3) is 0.360. The van der Waals surface area contributed by atoms with E-state index in [2.05, 4.69) is 16.3 Å². The maximum Gasteiger partial charge on any atom is 0.336 e. The van der Waals surface area contributed by atoms with Gasteiger partial charge in [0.2, 0.25) is 5.91 Å². The van der Waals surface area contributed by atoms with Gasteiger partial charge in [0, 0.05) is 23.7 Å². The molecule has 1 aliphatic carbocycles. The first kappa shape index (κ1) is 19.8. The Bertz CT molecular complexity index is 1180. The van der Waals surface area contributed by atoms with Crippen LogP contribution in [0.2, 0.25) is 0 Å². The number of rotatable bonds is 5. The highest BCUT2D eigenvalue weighted by Crippen LogP contribution is 2.30. The number of methoxy groups -OCH3 is 1. The summed E-state index contributed by atoms with van der Waals surface area (Å²) < 4.78 is 10.7. The molecule has 0 bridgehead atoms. The van der Waals surface area contributed by atoms with Gasteiger partial charge in [-0.3, -0.25) is 9.69 Å². The van der Waals surface area contributed by atoms with Gasteiger partial charge in [-0.1, -0.05) is 0 Å². The van der Waals surface area contributed by atoms with E-state index >= 15 is 0 Å². The lowest BCUT2D eigenvalue weighted by Crippen LogP contribution is -2.39. The van der Waals surface area contributed by atoms with E-state index in [0.717, 1.165) is 61.0 Å². The number of ether oxygens (including phenoxy) is 1. The van der Waals surface area contributed by atoms with Crippen LogP contribution in [0.5, 0.6) is 5.75 Å². The number of carbonyl (C=O) groups excluding carboxylic acids is 1. The lowest BCUT2D eigenvalue weighted by molar-refractivity contribution is -0.120. The predicted molar refractivity (Wildman–Crippen MR) is 120 cm³/mol. The smallest absolute Gasteiger partial charge is 0.336 e. The summed E-state index contributed by atoms with van der Waals surface area (Å²) in [5.41, 5.74) is 4.63. The molecule has 1 unspecified atom stereocenters. The van der Waals surface area contributed by atoms with Crippen molar-refractivity contribution in [1.29, 1.82) is 0 Å². The van der Waals surface area contributed by atoms with Crippen LogP contribution < -0.4 is 15.7 Å². The van der Waals surface area contributed by atoms with Gasteiger partial charge in [0.1, 0.15) is 11.3 Å². The second-order valence-electron chi connectivity index (χ2n) is 8.41. The Kier molecular flexibility index (Phi) is 5.24. The van der Waals surface area contributed by atoms with Crippen LogP contribution in [0.1, 0.15) is 36.0 Å². The molecule has 2 aliphatic rings. The summed E-state index contributed by atoms with van der Waals surface area (Å²) in [6.45, 7) is 1.38. The molecule has 3 aromatic rings. The molecule has 1 amide bonds. The number of likely N-dealkylation sites (tertiary alicyclic amines) is 1. The number of fused-ring (bicyclic) bond motifs is 2. The molecule has 6 nitrogen and oxygen atoms in total. The van der Waals surface area contributed by atoms with E-state index in [1.54, 1.807) is 13.2 Å². The van der Waals surface area contributed by atoms with Crippen molar-refractivity contribution in [3.63, 3.8) is 0 Å². The second kappa shape index (κ2) is 8.19. The maximum absolute atomic E-state index is 13.0. The van der Waals surface area contributed by atoms with Gasteiger partial charge in [-0.2, -0.15) is 0 Å². The summed E-state index contributed by atoms with van der Waals surface area (Å²) in [5.74, 6) is 0.734. The van der Waals surface area contributed by atoms with Gasteiger partial charge in [-0.15, -0.1) is 0 Å². The van der Waals surface area contributed by atoms with Gasteiger partial charge in [0.05, 0.1) is 13.2 Å². The van der Waals surface area contributed by atoms with Crippen LogP contribution in [0.25, 0.3) is 11.0 Å². The summed E-state index contributed by atoms with van der Waals surface area (Å²) in [7, 11) is 1.62. The number of nitrogens with one attached hydrogen (secondary N) is 1. The molecular formula is C25H26N2O4. The molecular weight excluding hydrogens is 392 g/mol. The topological polar surface area (TPSA) is 71.8 Å². The average molecular weight is 418 g/mol. The molecule has 0 radical (unpaired) electrons. The number of amides is 1. The number of aryl methyl sites for hydroxylation is 2. The summed E-state index contributed by atoms with van der Waals surface area (Å²) >= 11 is 0. The lowest BCUT2D eigenvalue weighted by atomic mass is 10.0. The molecule has 1 atom stereocenters. The van der Waals surface area contributed by atoms with E-state index in [9.17, 15) is 9.59 Å². The van der Waals surface area contributed by atoms with Crippen molar-refractivity contribution in [1.82, 2.24) is 4.90 Å². The molecule has 31 heavy (non-hydrogen) atoms. The number of hydrogen-bond acceptors (Lipinski definition) is 5. The Morgan fingerprint density at radius 2 is 1.90 bits per heavy atom. The molecule has 1 fully saturated rings. The molecule has 6 heteroatoms. The Hall–Kier alpha value is -3.12. The molecule has 2 heterocycles. The summed E-state index contributed by atoms with van der Waals surface area (Å²) in [5, 5.41) is 4.00. The standard InChI is InChI=1S/C25H26N2O4/c1-30-20-9-7-19(8-10-20)26-25(29)22-6-3-11-27(22)15-18-14-24(28)31-23-13-17-5-2-4-16(17)12-21(18)23/h7-10,12-14,22H,2-6,11,15H2,1H3,(H,26,29). The number of hydrogen-bond donors (Lipinski definition) is 1. The first-order valence-corrected chi connectivity index (χ1v) is 10.9.